The summed E-state index contributed by atoms with van der Waals surface area (Å²) in [5, 5.41) is 0. The molecule has 132 valence electrons. The highest BCUT2D eigenvalue weighted by molar-refractivity contribution is 7.89. The van der Waals surface area contributed by atoms with Crippen LogP contribution < -0.4 is 0 Å². The predicted molar refractivity (Wildman–Crippen MR) is 86.6 cm³/mol. The molecule has 2 unspecified atom stereocenters. The molecule has 2 fully saturated rings. The van der Waals surface area contributed by atoms with E-state index >= 15 is 0 Å². The highest BCUT2D eigenvalue weighted by Crippen LogP contribution is 2.38. The van der Waals surface area contributed by atoms with Crippen LogP contribution in [0.3, 0.4) is 0 Å². The van der Waals surface area contributed by atoms with Crippen molar-refractivity contribution in [2.24, 2.45) is 5.92 Å². The van der Waals surface area contributed by atoms with Crippen molar-refractivity contribution < 1.29 is 22.3 Å². The van der Waals surface area contributed by atoms with Crippen molar-refractivity contribution in [2.45, 2.75) is 49.5 Å². The third-order valence-electron chi connectivity index (χ3n) is 5.14. The molecule has 1 heterocycles. The lowest BCUT2D eigenvalue weighted by Gasteiger charge is -2.43. The molecule has 0 radical (unpaired) electrons. The van der Waals surface area contributed by atoms with Crippen LogP contribution in [0.2, 0.25) is 0 Å². The lowest BCUT2D eigenvalue weighted by molar-refractivity contribution is 0.0590. The zero-order valence-corrected chi connectivity index (χ0v) is 14.5. The zero-order valence-electron chi connectivity index (χ0n) is 13.7. The topological polar surface area (TPSA) is 63.7 Å². The van der Waals surface area contributed by atoms with Gasteiger partial charge in [0.1, 0.15) is 11.4 Å². The number of carbonyl (C=O) groups is 1. The van der Waals surface area contributed by atoms with E-state index in [0.29, 0.717) is 12.5 Å². The molecule has 0 spiro atoms. The molecule has 5 nitrogen and oxygen atoms in total. The van der Waals surface area contributed by atoms with Gasteiger partial charge in [0.2, 0.25) is 10.0 Å². The van der Waals surface area contributed by atoms with Crippen LogP contribution in [0, 0.1) is 11.7 Å². The molecule has 2 aliphatic rings. The molecule has 1 aliphatic heterocycles. The Hall–Kier alpha value is -1.47. The number of ether oxygens (including phenoxy) is 1. The second kappa shape index (κ2) is 6.80. The largest absolute Gasteiger partial charge is 0.465 e. The number of hydrogen-bond acceptors (Lipinski definition) is 4. The summed E-state index contributed by atoms with van der Waals surface area (Å²) in [6, 6.07) is 3.63. The molecule has 2 atom stereocenters. The number of nitrogens with zero attached hydrogens (tertiary/aromatic N) is 1. The second-order valence-electron chi connectivity index (χ2n) is 6.47. The quantitative estimate of drug-likeness (QED) is 0.782. The number of esters is 1. The van der Waals surface area contributed by atoms with Crippen molar-refractivity contribution in [3.8, 4) is 0 Å². The van der Waals surface area contributed by atoms with Crippen molar-refractivity contribution in [1.82, 2.24) is 4.31 Å². The number of carbonyl (C=O) groups excluding carboxylic acids is 1. The molecule has 1 saturated carbocycles. The second-order valence-corrected chi connectivity index (χ2v) is 8.33. The van der Waals surface area contributed by atoms with Crippen LogP contribution in [0.1, 0.15) is 48.9 Å². The van der Waals surface area contributed by atoms with Gasteiger partial charge in [0.25, 0.3) is 0 Å². The number of halogens is 1. The molecule has 3 rings (SSSR count). The van der Waals surface area contributed by atoms with Crippen molar-refractivity contribution in [3.05, 3.63) is 29.6 Å². The van der Waals surface area contributed by atoms with Gasteiger partial charge in [-0.1, -0.05) is 18.9 Å². The van der Waals surface area contributed by atoms with E-state index in [-0.39, 0.29) is 10.9 Å². The normalized spacial score (nSPS) is 25.1. The van der Waals surface area contributed by atoms with E-state index in [4.69, 9.17) is 0 Å². The van der Waals surface area contributed by atoms with Gasteiger partial charge in [0.15, 0.2) is 0 Å². The Morgan fingerprint density at radius 1 is 1.21 bits per heavy atom. The number of piperidine rings is 1. The SMILES string of the molecule is COC(=O)c1c(F)cccc1S(=O)(=O)N1CCCC2CCCCC21. The Morgan fingerprint density at radius 2 is 1.92 bits per heavy atom. The van der Waals surface area contributed by atoms with Gasteiger partial charge in [-0.3, -0.25) is 0 Å². The van der Waals surface area contributed by atoms with E-state index in [1.807, 2.05) is 0 Å². The summed E-state index contributed by atoms with van der Waals surface area (Å²) >= 11 is 0. The molecule has 1 aromatic rings. The maximum absolute atomic E-state index is 14.1. The van der Waals surface area contributed by atoms with Gasteiger partial charge in [-0.2, -0.15) is 4.31 Å². The first-order valence-corrected chi connectivity index (χ1v) is 9.79. The molecular formula is C17H22FNO4S. The highest BCUT2D eigenvalue weighted by atomic mass is 32.2. The Bertz CT molecular complexity index is 732. The first kappa shape index (κ1) is 17.4. The fourth-order valence-electron chi connectivity index (χ4n) is 4.02. The van der Waals surface area contributed by atoms with Crippen LogP contribution in [0.5, 0.6) is 0 Å². The van der Waals surface area contributed by atoms with E-state index in [1.165, 1.54) is 16.4 Å². The summed E-state index contributed by atoms with van der Waals surface area (Å²) in [5.41, 5.74) is -0.502. The Balaban J connectivity index is 2.05. The zero-order chi connectivity index (χ0) is 17.3. The van der Waals surface area contributed by atoms with Crippen molar-refractivity contribution in [1.29, 1.82) is 0 Å². The molecule has 1 aromatic carbocycles. The number of rotatable bonds is 3. The molecular weight excluding hydrogens is 333 g/mol. The third kappa shape index (κ3) is 2.95. The number of benzene rings is 1. The fourth-order valence-corrected chi connectivity index (χ4v) is 5.97. The van der Waals surface area contributed by atoms with Gasteiger partial charge in [-0.05, 0) is 43.7 Å². The van der Waals surface area contributed by atoms with Crippen LogP contribution in [0.4, 0.5) is 4.39 Å². The number of sulfonamides is 1. The summed E-state index contributed by atoms with van der Waals surface area (Å²) in [5.74, 6) is -1.48. The minimum atomic E-state index is -3.95. The van der Waals surface area contributed by atoms with Crippen LogP contribution >= 0.6 is 0 Å². The molecule has 0 bridgehead atoms. The molecule has 1 aliphatic carbocycles. The lowest BCUT2D eigenvalue weighted by Crippen LogP contribution is -2.49. The Morgan fingerprint density at radius 3 is 2.67 bits per heavy atom. The number of methoxy groups -OCH3 is 1. The van der Waals surface area contributed by atoms with Crippen LogP contribution in [0.25, 0.3) is 0 Å². The smallest absolute Gasteiger partial charge is 0.342 e. The monoisotopic (exact) mass is 355 g/mol. The standard InChI is InChI=1S/C17H22FNO4S/c1-23-17(20)16-13(18)8-4-10-15(16)24(21,22)19-11-5-7-12-6-2-3-9-14(12)19/h4,8,10,12,14H,2-3,5-7,9,11H2,1H3. The fraction of sp³-hybridized carbons (Fsp3) is 0.588. The molecule has 0 N–H and O–H groups in total. The summed E-state index contributed by atoms with van der Waals surface area (Å²) < 4.78 is 46.6. The van der Waals surface area contributed by atoms with Gasteiger partial charge in [-0.15, -0.1) is 0 Å². The van der Waals surface area contributed by atoms with E-state index in [1.54, 1.807) is 0 Å². The molecule has 7 heteroatoms. The number of hydrogen-bond donors (Lipinski definition) is 0. The van der Waals surface area contributed by atoms with Gasteiger partial charge < -0.3 is 4.74 Å². The van der Waals surface area contributed by atoms with Crippen molar-refractivity contribution in [2.75, 3.05) is 13.7 Å². The summed E-state index contributed by atoms with van der Waals surface area (Å²) in [6.07, 6.45) is 5.81. The molecule has 0 aromatic heterocycles. The van der Waals surface area contributed by atoms with Gasteiger partial charge in [0, 0.05) is 12.6 Å². The van der Waals surface area contributed by atoms with Gasteiger partial charge in [0.05, 0.1) is 12.0 Å². The molecule has 0 amide bonds. The summed E-state index contributed by atoms with van der Waals surface area (Å²) in [6.45, 7) is 0.417. The summed E-state index contributed by atoms with van der Waals surface area (Å²) in [7, 11) is -2.83. The van der Waals surface area contributed by atoms with Crippen molar-refractivity contribution >= 4 is 16.0 Å². The highest BCUT2D eigenvalue weighted by Gasteiger charge is 2.41. The third-order valence-corrected chi connectivity index (χ3v) is 7.11. The van der Waals surface area contributed by atoms with Gasteiger partial charge >= 0.3 is 5.97 Å². The van der Waals surface area contributed by atoms with E-state index < -0.39 is 27.4 Å². The van der Waals surface area contributed by atoms with Crippen LogP contribution in [-0.4, -0.2) is 38.4 Å². The summed E-state index contributed by atoms with van der Waals surface area (Å²) in [4.78, 5) is 11.6. The van der Waals surface area contributed by atoms with E-state index in [9.17, 15) is 17.6 Å². The maximum atomic E-state index is 14.1. The Labute approximate surface area is 141 Å². The van der Waals surface area contributed by atoms with E-state index in [2.05, 4.69) is 4.74 Å². The molecule has 1 saturated heterocycles. The minimum Gasteiger partial charge on any atom is -0.465 e. The lowest BCUT2D eigenvalue weighted by atomic mass is 9.79. The maximum Gasteiger partial charge on any atom is 0.342 e. The van der Waals surface area contributed by atoms with Crippen molar-refractivity contribution in [3.63, 3.8) is 0 Å². The van der Waals surface area contributed by atoms with Crippen LogP contribution in [-0.2, 0) is 14.8 Å². The van der Waals surface area contributed by atoms with E-state index in [0.717, 1.165) is 51.7 Å². The first-order valence-electron chi connectivity index (χ1n) is 8.35. The predicted octanol–water partition coefficient (Wildman–Crippen LogP) is 2.96. The van der Waals surface area contributed by atoms with Gasteiger partial charge in [-0.25, -0.2) is 17.6 Å². The first-order chi connectivity index (χ1) is 11.5. The minimum absolute atomic E-state index is 0.0498. The average molecular weight is 355 g/mol. The van der Waals surface area contributed by atoms with Crippen LogP contribution in [0.15, 0.2) is 23.1 Å². The average Bonchev–Trinajstić information content (AvgIpc) is 2.60. The molecule has 24 heavy (non-hydrogen) atoms. The number of fused-ring (bicyclic) bond motifs is 1. The Kier molecular flexibility index (Phi) is 4.92.